The van der Waals surface area contributed by atoms with Crippen molar-refractivity contribution < 1.29 is 19.2 Å². The second-order valence-electron chi connectivity index (χ2n) is 5.04. The molecule has 1 heterocycles. The van der Waals surface area contributed by atoms with Crippen LogP contribution in [-0.4, -0.2) is 28.3 Å². The van der Waals surface area contributed by atoms with E-state index in [1.165, 1.54) is 0 Å². The lowest BCUT2D eigenvalue weighted by Gasteiger charge is -2.03. The van der Waals surface area contributed by atoms with E-state index in [0.29, 0.717) is 24.6 Å². The third-order valence-electron chi connectivity index (χ3n) is 3.05. The van der Waals surface area contributed by atoms with Crippen molar-refractivity contribution in [3.63, 3.8) is 0 Å². The SMILES string of the molecule is COc1cccc(Cc2noc(CC(C)CC(=O)O)n2)c1. The number of hydrogen-bond acceptors (Lipinski definition) is 5. The first-order chi connectivity index (χ1) is 10.1. The lowest BCUT2D eigenvalue weighted by molar-refractivity contribution is -0.137. The number of benzene rings is 1. The number of methoxy groups -OCH3 is 1. The second-order valence-corrected chi connectivity index (χ2v) is 5.04. The lowest BCUT2D eigenvalue weighted by Crippen LogP contribution is -2.07. The van der Waals surface area contributed by atoms with Crippen molar-refractivity contribution in [3.05, 3.63) is 41.5 Å². The van der Waals surface area contributed by atoms with E-state index in [1.807, 2.05) is 31.2 Å². The molecule has 2 aromatic rings. The molecule has 6 nitrogen and oxygen atoms in total. The van der Waals surface area contributed by atoms with E-state index in [4.69, 9.17) is 14.4 Å². The Morgan fingerprint density at radius 2 is 2.29 bits per heavy atom. The maximum absolute atomic E-state index is 10.6. The summed E-state index contributed by atoms with van der Waals surface area (Å²) in [5, 5.41) is 12.7. The second kappa shape index (κ2) is 6.88. The maximum atomic E-state index is 10.6. The van der Waals surface area contributed by atoms with Crippen LogP contribution in [0, 0.1) is 5.92 Å². The Morgan fingerprint density at radius 1 is 1.48 bits per heavy atom. The minimum Gasteiger partial charge on any atom is -0.497 e. The molecule has 1 aromatic heterocycles. The van der Waals surface area contributed by atoms with Gasteiger partial charge in [-0.3, -0.25) is 4.79 Å². The van der Waals surface area contributed by atoms with Gasteiger partial charge in [0.1, 0.15) is 5.75 Å². The predicted molar refractivity (Wildman–Crippen MR) is 75.2 cm³/mol. The van der Waals surface area contributed by atoms with Crippen LogP contribution >= 0.6 is 0 Å². The fourth-order valence-electron chi connectivity index (χ4n) is 2.08. The fourth-order valence-corrected chi connectivity index (χ4v) is 2.08. The molecule has 0 fully saturated rings. The fraction of sp³-hybridized carbons (Fsp3) is 0.400. The molecular weight excluding hydrogens is 272 g/mol. The molecule has 0 bridgehead atoms. The Balaban J connectivity index is 1.97. The molecule has 0 saturated heterocycles. The highest BCUT2D eigenvalue weighted by atomic mass is 16.5. The largest absolute Gasteiger partial charge is 0.497 e. The Labute approximate surface area is 122 Å². The van der Waals surface area contributed by atoms with Gasteiger partial charge < -0.3 is 14.4 Å². The van der Waals surface area contributed by atoms with E-state index in [9.17, 15) is 4.79 Å². The number of aromatic nitrogens is 2. The van der Waals surface area contributed by atoms with Gasteiger partial charge >= 0.3 is 5.97 Å². The standard InChI is InChI=1S/C15H18N2O4/c1-10(7-15(18)19)6-14-16-13(17-21-14)9-11-4-3-5-12(8-11)20-2/h3-5,8,10H,6-7,9H2,1-2H3,(H,18,19). The van der Waals surface area contributed by atoms with E-state index in [2.05, 4.69) is 10.1 Å². The summed E-state index contributed by atoms with van der Waals surface area (Å²) in [6.45, 7) is 1.85. The van der Waals surface area contributed by atoms with Gasteiger partial charge in [-0.05, 0) is 23.6 Å². The summed E-state index contributed by atoms with van der Waals surface area (Å²) in [5.74, 6) is 0.986. The van der Waals surface area contributed by atoms with Gasteiger partial charge in [-0.1, -0.05) is 24.2 Å². The maximum Gasteiger partial charge on any atom is 0.303 e. The van der Waals surface area contributed by atoms with Gasteiger partial charge in [-0.25, -0.2) is 0 Å². The van der Waals surface area contributed by atoms with Crippen LogP contribution in [0.3, 0.4) is 0 Å². The van der Waals surface area contributed by atoms with Crippen molar-refractivity contribution in [2.75, 3.05) is 7.11 Å². The van der Waals surface area contributed by atoms with Crippen molar-refractivity contribution >= 4 is 5.97 Å². The zero-order chi connectivity index (χ0) is 15.2. The number of carbonyl (C=O) groups is 1. The Bertz CT molecular complexity index is 609. The van der Waals surface area contributed by atoms with Crippen LogP contribution in [0.2, 0.25) is 0 Å². The van der Waals surface area contributed by atoms with E-state index >= 15 is 0 Å². The summed E-state index contributed by atoms with van der Waals surface area (Å²) >= 11 is 0. The molecule has 1 atom stereocenters. The first-order valence-electron chi connectivity index (χ1n) is 6.73. The van der Waals surface area contributed by atoms with Crippen molar-refractivity contribution in [2.24, 2.45) is 5.92 Å². The van der Waals surface area contributed by atoms with Crippen molar-refractivity contribution in [1.29, 1.82) is 0 Å². The van der Waals surface area contributed by atoms with Gasteiger partial charge in [0.05, 0.1) is 7.11 Å². The first-order valence-corrected chi connectivity index (χ1v) is 6.73. The van der Waals surface area contributed by atoms with Crippen LogP contribution in [0.25, 0.3) is 0 Å². The smallest absolute Gasteiger partial charge is 0.303 e. The molecule has 2 rings (SSSR count). The van der Waals surface area contributed by atoms with Crippen molar-refractivity contribution in [3.8, 4) is 5.75 Å². The van der Waals surface area contributed by atoms with Crippen molar-refractivity contribution in [2.45, 2.75) is 26.2 Å². The Hall–Kier alpha value is -2.37. The molecule has 0 spiro atoms. The minimum atomic E-state index is -0.821. The molecule has 112 valence electrons. The molecule has 1 N–H and O–H groups in total. The van der Waals surface area contributed by atoms with Crippen LogP contribution < -0.4 is 4.74 Å². The molecule has 0 saturated carbocycles. The van der Waals surface area contributed by atoms with Gasteiger partial charge in [0.15, 0.2) is 5.82 Å². The number of aliphatic carboxylic acids is 1. The van der Waals surface area contributed by atoms with Gasteiger partial charge in [0, 0.05) is 19.3 Å². The Kier molecular flexibility index (Phi) is 4.92. The van der Waals surface area contributed by atoms with Crippen LogP contribution in [-0.2, 0) is 17.6 Å². The predicted octanol–water partition coefficient (Wildman–Crippen LogP) is 2.32. The summed E-state index contributed by atoms with van der Waals surface area (Å²) in [6.07, 6.45) is 1.11. The molecule has 0 aliphatic carbocycles. The van der Waals surface area contributed by atoms with E-state index in [1.54, 1.807) is 7.11 Å². The number of carboxylic acids is 1. The number of carboxylic acid groups (broad SMARTS) is 1. The average Bonchev–Trinajstić information content (AvgIpc) is 2.85. The minimum absolute atomic E-state index is 0.0346. The van der Waals surface area contributed by atoms with Gasteiger partial charge in [-0.2, -0.15) is 4.98 Å². The third kappa shape index (κ3) is 4.59. The zero-order valence-electron chi connectivity index (χ0n) is 12.1. The summed E-state index contributed by atoms with van der Waals surface area (Å²) in [7, 11) is 1.62. The molecule has 0 aliphatic heterocycles. The molecule has 6 heteroatoms. The van der Waals surface area contributed by atoms with E-state index in [0.717, 1.165) is 11.3 Å². The van der Waals surface area contributed by atoms with Crippen LogP contribution in [0.5, 0.6) is 5.75 Å². The van der Waals surface area contributed by atoms with Gasteiger partial charge in [-0.15, -0.1) is 0 Å². The highest BCUT2D eigenvalue weighted by Gasteiger charge is 2.14. The topological polar surface area (TPSA) is 85.5 Å². The molecule has 1 unspecified atom stereocenters. The lowest BCUT2D eigenvalue weighted by atomic mass is 10.0. The molecular formula is C15H18N2O4. The molecule has 0 amide bonds. The van der Waals surface area contributed by atoms with Crippen molar-refractivity contribution in [1.82, 2.24) is 10.1 Å². The molecule has 21 heavy (non-hydrogen) atoms. The Morgan fingerprint density at radius 3 is 3.00 bits per heavy atom. The summed E-state index contributed by atoms with van der Waals surface area (Å²) < 4.78 is 10.3. The number of hydrogen-bond donors (Lipinski definition) is 1. The molecule has 0 radical (unpaired) electrons. The highest BCUT2D eigenvalue weighted by molar-refractivity contribution is 5.66. The van der Waals surface area contributed by atoms with E-state index in [-0.39, 0.29) is 12.3 Å². The third-order valence-corrected chi connectivity index (χ3v) is 3.05. The summed E-state index contributed by atoms with van der Waals surface area (Å²) in [4.78, 5) is 14.9. The number of ether oxygens (including phenoxy) is 1. The van der Waals surface area contributed by atoms with Crippen LogP contribution in [0.1, 0.15) is 30.6 Å². The van der Waals surface area contributed by atoms with Crippen LogP contribution in [0.15, 0.2) is 28.8 Å². The highest BCUT2D eigenvalue weighted by Crippen LogP contribution is 2.16. The normalized spacial score (nSPS) is 12.1. The van der Waals surface area contributed by atoms with Crippen LogP contribution in [0.4, 0.5) is 0 Å². The number of rotatable bonds is 7. The molecule has 1 aromatic carbocycles. The van der Waals surface area contributed by atoms with Gasteiger partial charge in [0.25, 0.3) is 0 Å². The van der Waals surface area contributed by atoms with Gasteiger partial charge in [0.2, 0.25) is 5.89 Å². The zero-order valence-corrected chi connectivity index (χ0v) is 12.1. The van der Waals surface area contributed by atoms with E-state index < -0.39 is 5.97 Å². The summed E-state index contributed by atoms with van der Waals surface area (Å²) in [6, 6.07) is 7.66. The average molecular weight is 290 g/mol. The summed E-state index contributed by atoms with van der Waals surface area (Å²) in [5.41, 5.74) is 1.03. The quantitative estimate of drug-likeness (QED) is 0.842. The first kappa shape index (κ1) is 15.0. The monoisotopic (exact) mass is 290 g/mol. The molecule has 0 aliphatic rings. The number of nitrogens with zero attached hydrogens (tertiary/aromatic N) is 2.